The second-order valence-corrected chi connectivity index (χ2v) is 9.44. The molecule has 6 nitrogen and oxygen atoms in total. The van der Waals surface area contributed by atoms with Gasteiger partial charge in [0.2, 0.25) is 10.0 Å². The average Bonchev–Trinajstić information content (AvgIpc) is 2.80. The molecular formula is C24H23F3N2O4S. The van der Waals surface area contributed by atoms with Gasteiger partial charge >= 0.3 is 6.18 Å². The molecule has 0 radical (unpaired) electrons. The van der Waals surface area contributed by atoms with Crippen LogP contribution in [0.3, 0.4) is 0 Å². The fourth-order valence-electron chi connectivity index (χ4n) is 3.47. The predicted molar refractivity (Wildman–Crippen MR) is 122 cm³/mol. The maximum atomic E-state index is 13.0. The Bertz CT molecular complexity index is 1340. The summed E-state index contributed by atoms with van der Waals surface area (Å²) in [5.41, 5.74) is -0.234. The van der Waals surface area contributed by atoms with Crippen molar-refractivity contribution in [1.29, 1.82) is 0 Å². The number of alkyl halides is 3. The lowest BCUT2D eigenvalue weighted by Gasteiger charge is -2.19. The van der Waals surface area contributed by atoms with Crippen LogP contribution in [0.2, 0.25) is 0 Å². The molecule has 1 heterocycles. The number of hydrogen-bond donors (Lipinski definition) is 0. The molecule has 3 aromatic rings. The summed E-state index contributed by atoms with van der Waals surface area (Å²) in [6, 6.07) is 13.1. The number of pyridine rings is 1. The van der Waals surface area contributed by atoms with Crippen LogP contribution >= 0.6 is 0 Å². The molecule has 0 unspecified atom stereocenters. The molecule has 3 rings (SSSR count). The van der Waals surface area contributed by atoms with Gasteiger partial charge in [-0.25, -0.2) is 8.42 Å². The summed E-state index contributed by atoms with van der Waals surface area (Å²) < 4.78 is 66.6. The number of hydrogen-bond acceptors (Lipinski definition) is 4. The predicted octanol–water partition coefficient (Wildman–Crippen LogP) is 4.45. The first-order valence-corrected chi connectivity index (χ1v) is 11.9. The number of aromatic nitrogens is 1. The van der Waals surface area contributed by atoms with Gasteiger partial charge < -0.3 is 4.57 Å². The van der Waals surface area contributed by atoms with Crippen LogP contribution in [0.15, 0.2) is 76.6 Å². The minimum absolute atomic E-state index is 0.0940. The number of ketones is 1. The highest BCUT2D eigenvalue weighted by Crippen LogP contribution is 2.32. The number of rotatable bonds is 8. The van der Waals surface area contributed by atoms with Crippen molar-refractivity contribution in [3.8, 4) is 11.1 Å². The van der Waals surface area contributed by atoms with Crippen LogP contribution in [0.1, 0.15) is 29.8 Å². The zero-order valence-electron chi connectivity index (χ0n) is 18.5. The van der Waals surface area contributed by atoms with Crippen LogP contribution in [0.4, 0.5) is 13.2 Å². The van der Waals surface area contributed by atoms with E-state index in [-0.39, 0.29) is 30.1 Å². The Kier molecular flexibility index (Phi) is 7.42. The van der Waals surface area contributed by atoms with Gasteiger partial charge in [-0.15, -0.1) is 0 Å². The Labute approximate surface area is 195 Å². The van der Waals surface area contributed by atoms with Crippen molar-refractivity contribution in [3.05, 3.63) is 88.3 Å². The Morgan fingerprint density at radius 2 is 1.59 bits per heavy atom. The lowest BCUT2D eigenvalue weighted by Crippen LogP contribution is -2.32. The number of benzene rings is 2. The van der Waals surface area contributed by atoms with E-state index in [0.717, 1.165) is 29.0 Å². The van der Waals surface area contributed by atoms with Gasteiger partial charge in [0, 0.05) is 30.9 Å². The molecule has 0 saturated carbocycles. The van der Waals surface area contributed by atoms with Crippen molar-refractivity contribution >= 4 is 15.8 Å². The molecule has 1 aromatic heterocycles. The number of halogens is 3. The number of nitrogens with zero attached hydrogens (tertiary/aromatic N) is 2. The third kappa shape index (κ3) is 5.45. The van der Waals surface area contributed by atoms with Gasteiger partial charge in [-0.1, -0.05) is 50.2 Å². The molecule has 0 saturated heterocycles. The van der Waals surface area contributed by atoms with Gasteiger partial charge in [0.05, 0.1) is 17.0 Å². The van der Waals surface area contributed by atoms with Crippen molar-refractivity contribution in [3.63, 3.8) is 0 Å². The van der Waals surface area contributed by atoms with Gasteiger partial charge in [0.15, 0.2) is 5.78 Å². The first-order chi connectivity index (χ1) is 16.0. The SMILES string of the molecule is CCN(CC)S(=O)(=O)c1ccc(=O)n(CC(=O)c2ccc(-c3cccc(C(F)(F)F)c3)cc2)c1. The maximum absolute atomic E-state index is 13.0. The lowest BCUT2D eigenvalue weighted by molar-refractivity contribution is -0.137. The standard InChI is InChI=1S/C24H23F3N2O4S/c1-3-29(4-2)34(32,33)21-12-13-23(31)28(15-21)16-22(30)18-10-8-17(9-11-18)19-6-5-7-20(14-19)24(25,26)27/h5-15H,3-4,16H2,1-2H3. The summed E-state index contributed by atoms with van der Waals surface area (Å²) in [5.74, 6) is -0.449. The normalized spacial score (nSPS) is 12.2. The highest BCUT2D eigenvalue weighted by Gasteiger charge is 2.30. The first-order valence-electron chi connectivity index (χ1n) is 10.5. The van der Waals surface area contributed by atoms with Gasteiger partial charge in [0.25, 0.3) is 5.56 Å². The van der Waals surface area contributed by atoms with Crippen molar-refractivity contribution in [2.45, 2.75) is 31.5 Å². The molecular weight excluding hydrogens is 469 g/mol. The molecule has 10 heteroatoms. The molecule has 34 heavy (non-hydrogen) atoms. The minimum atomic E-state index is -4.47. The van der Waals surface area contributed by atoms with Crippen LogP contribution in [0, 0.1) is 0 Å². The van der Waals surface area contributed by atoms with Crippen molar-refractivity contribution < 1.29 is 26.4 Å². The minimum Gasteiger partial charge on any atom is -0.306 e. The number of Topliss-reactive ketones (excluding diaryl/α,β-unsaturated/α-hetero) is 1. The van der Waals surface area contributed by atoms with Crippen molar-refractivity contribution in [2.24, 2.45) is 0 Å². The molecule has 0 atom stereocenters. The van der Waals surface area contributed by atoms with Gasteiger partial charge in [-0.3, -0.25) is 9.59 Å². The van der Waals surface area contributed by atoms with E-state index in [1.54, 1.807) is 13.8 Å². The molecule has 0 aliphatic carbocycles. The Hall–Kier alpha value is -3.24. The fraction of sp³-hybridized carbons (Fsp3) is 0.250. The smallest absolute Gasteiger partial charge is 0.306 e. The second-order valence-electron chi connectivity index (χ2n) is 7.50. The third-order valence-corrected chi connectivity index (χ3v) is 7.38. The van der Waals surface area contributed by atoms with E-state index in [1.165, 1.54) is 46.8 Å². The van der Waals surface area contributed by atoms with Crippen LogP contribution in [-0.2, 0) is 22.7 Å². The monoisotopic (exact) mass is 492 g/mol. The molecule has 0 N–H and O–H groups in total. The van der Waals surface area contributed by atoms with Gasteiger partial charge in [0.1, 0.15) is 0 Å². The molecule has 180 valence electrons. The summed E-state index contributed by atoms with van der Waals surface area (Å²) in [7, 11) is -3.81. The topological polar surface area (TPSA) is 76.5 Å². The number of carbonyl (C=O) groups is 1. The Balaban J connectivity index is 1.84. The summed E-state index contributed by atoms with van der Waals surface area (Å²) in [6.45, 7) is 3.53. The molecule has 0 aliphatic rings. The van der Waals surface area contributed by atoms with E-state index < -0.39 is 33.1 Å². The van der Waals surface area contributed by atoms with E-state index in [1.807, 2.05) is 0 Å². The summed E-state index contributed by atoms with van der Waals surface area (Å²) >= 11 is 0. The highest BCUT2D eigenvalue weighted by molar-refractivity contribution is 7.89. The summed E-state index contributed by atoms with van der Waals surface area (Å²) in [4.78, 5) is 24.9. The first kappa shape index (κ1) is 25.4. The van der Waals surface area contributed by atoms with Crippen LogP contribution in [0.5, 0.6) is 0 Å². The lowest BCUT2D eigenvalue weighted by atomic mass is 10.0. The van der Waals surface area contributed by atoms with Crippen molar-refractivity contribution in [1.82, 2.24) is 8.87 Å². The Morgan fingerprint density at radius 1 is 0.941 bits per heavy atom. The van der Waals surface area contributed by atoms with Crippen molar-refractivity contribution in [2.75, 3.05) is 13.1 Å². The average molecular weight is 493 g/mol. The Morgan fingerprint density at radius 3 is 2.18 bits per heavy atom. The summed E-state index contributed by atoms with van der Waals surface area (Å²) in [6.07, 6.45) is -3.32. The summed E-state index contributed by atoms with van der Waals surface area (Å²) in [5, 5.41) is 0. The van der Waals surface area contributed by atoms with Crippen LogP contribution < -0.4 is 5.56 Å². The van der Waals surface area contributed by atoms with E-state index in [2.05, 4.69) is 0 Å². The zero-order chi connectivity index (χ0) is 25.1. The van der Waals surface area contributed by atoms with E-state index >= 15 is 0 Å². The highest BCUT2D eigenvalue weighted by atomic mass is 32.2. The molecule has 2 aromatic carbocycles. The number of carbonyl (C=O) groups excluding carboxylic acids is 1. The molecule has 0 fully saturated rings. The molecule has 0 amide bonds. The molecule has 0 aliphatic heterocycles. The van der Waals surface area contributed by atoms with Gasteiger partial charge in [-0.05, 0) is 29.3 Å². The number of sulfonamides is 1. The second kappa shape index (κ2) is 9.94. The fourth-order valence-corrected chi connectivity index (χ4v) is 4.95. The third-order valence-electron chi connectivity index (χ3n) is 5.34. The quantitative estimate of drug-likeness (QED) is 0.436. The largest absolute Gasteiger partial charge is 0.416 e. The zero-order valence-corrected chi connectivity index (χ0v) is 19.4. The van der Waals surface area contributed by atoms with Crippen LogP contribution in [0.25, 0.3) is 11.1 Å². The van der Waals surface area contributed by atoms with E-state index in [9.17, 15) is 31.2 Å². The van der Waals surface area contributed by atoms with E-state index in [0.29, 0.717) is 11.1 Å². The maximum Gasteiger partial charge on any atom is 0.416 e. The van der Waals surface area contributed by atoms with Crippen LogP contribution in [-0.4, -0.2) is 36.2 Å². The van der Waals surface area contributed by atoms with Gasteiger partial charge in [-0.2, -0.15) is 17.5 Å². The molecule has 0 bridgehead atoms. The van der Waals surface area contributed by atoms with E-state index in [4.69, 9.17) is 0 Å². The molecule has 0 spiro atoms.